The molecule has 0 aliphatic carbocycles. The summed E-state index contributed by atoms with van der Waals surface area (Å²) in [7, 11) is 1.48. The molecule has 0 radical (unpaired) electrons. The van der Waals surface area contributed by atoms with Crippen LogP contribution < -0.4 is 15.6 Å². The van der Waals surface area contributed by atoms with Gasteiger partial charge in [-0.15, -0.1) is 0 Å². The van der Waals surface area contributed by atoms with E-state index in [9.17, 15) is 19.7 Å². The standard InChI is InChI=1S/C20H15N3O6/c1-28-18-8-14-13-4-2-3-5-16(13)29-17(14)9-15(18)21-19(24)11-22-10-12(23(26)27)6-7-20(22)25/h2-10H,11H2,1H3,(H,21,24). The first kappa shape index (κ1) is 18.2. The van der Waals surface area contributed by atoms with Gasteiger partial charge in [0, 0.05) is 29.0 Å². The lowest BCUT2D eigenvalue weighted by atomic mass is 10.1. The smallest absolute Gasteiger partial charge is 0.285 e. The Labute approximate surface area is 163 Å². The first-order valence-corrected chi connectivity index (χ1v) is 8.60. The van der Waals surface area contributed by atoms with Crippen LogP contribution >= 0.6 is 0 Å². The monoisotopic (exact) mass is 393 g/mol. The number of carbonyl (C=O) groups excluding carboxylic acids is 1. The number of pyridine rings is 1. The van der Waals surface area contributed by atoms with Gasteiger partial charge in [0.2, 0.25) is 5.91 Å². The van der Waals surface area contributed by atoms with Crippen LogP contribution in [-0.2, 0) is 11.3 Å². The quantitative estimate of drug-likeness (QED) is 0.411. The number of para-hydroxylation sites is 1. The van der Waals surface area contributed by atoms with Gasteiger partial charge in [-0.05, 0) is 12.1 Å². The predicted molar refractivity (Wildman–Crippen MR) is 106 cm³/mol. The first-order chi connectivity index (χ1) is 14.0. The van der Waals surface area contributed by atoms with Crippen LogP contribution in [0, 0.1) is 10.1 Å². The predicted octanol–water partition coefficient (Wildman–Crippen LogP) is 3.30. The number of amides is 1. The number of aromatic nitrogens is 1. The second-order valence-corrected chi connectivity index (χ2v) is 6.31. The number of fused-ring (bicyclic) bond motifs is 3. The largest absolute Gasteiger partial charge is 0.495 e. The minimum atomic E-state index is -0.633. The number of ether oxygens (including phenoxy) is 1. The van der Waals surface area contributed by atoms with Crippen molar-refractivity contribution in [2.75, 3.05) is 12.4 Å². The highest BCUT2D eigenvalue weighted by Gasteiger charge is 2.15. The van der Waals surface area contributed by atoms with Crippen molar-refractivity contribution < 1.29 is 18.9 Å². The highest BCUT2D eigenvalue weighted by Crippen LogP contribution is 2.36. The molecule has 0 saturated carbocycles. The van der Waals surface area contributed by atoms with E-state index < -0.39 is 16.4 Å². The number of nitrogens with zero attached hydrogens (tertiary/aromatic N) is 2. The number of methoxy groups -OCH3 is 1. The number of carbonyl (C=O) groups is 1. The summed E-state index contributed by atoms with van der Waals surface area (Å²) >= 11 is 0. The highest BCUT2D eigenvalue weighted by atomic mass is 16.6. The Kier molecular flexibility index (Phi) is 4.47. The van der Waals surface area contributed by atoms with Crippen LogP contribution in [0.25, 0.3) is 21.9 Å². The number of nitro groups is 1. The van der Waals surface area contributed by atoms with Crippen molar-refractivity contribution in [1.82, 2.24) is 4.57 Å². The van der Waals surface area contributed by atoms with Crippen LogP contribution in [0.4, 0.5) is 11.4 Å². The maximum atomic E-state index is 12.5. The third kappa shape index (κ3) is 3.41. The van der Waals surface area contributed by atoms with Crippen LogP contribution in [0.5, 0.6) is 5.75 Å². The van der Waals surface area contributed by atoms with Crippen molar-refractivity contribution in [2.45, 2.75) is 6.54 Å². The summed E-state index contributed by atoms with van der Waals surface area (Å²) in [6, 6.07) is 13.1. The molecule has 4 aromatic rings. The van der Waals surface area contributed by atoms with E-state index in [-0.39, 0.29) is 12.2 Å². The number of hydrogen-bond acceptors (Lipinski definition) is 6. The molecule has 0 aliphatic heterocycles. The molecule has 2 heterocycles. The Balaban J connectivity index is 1.66. The molecule has 9 nitrogen and oxygen atoms in total. The van der Waals surface area contributed by atoms with Gasteiger partial charge >= 0.3 is 0 Å². The van der Waals surface area contributed by atoms with E-state index in [0.717, 1.165) is 33.7 Å². The van der Waals surface area contributed by atoms with Gasteiger partial charge in [-0.25, -0.2) is 0 Å². The molecule has 2 aromatic carbocycles. The Bertz CT molecular complexity index is 1320. The topological polar surface area (TPSA) is 117 Å². The molecule has 0 aliphatic rings. The van der Waals surface area contributed by atoms with Gasteiger partial charge in [0.1, 0.15) is 23.5 Å². The van der Waals surface area contributed by atoms with Crippen LogP contribution in [0.15, 0.2) is 63.9 Å². The SMILES string of the molecule is COc1cc2c(cc1NC(=O)Cn1cc([N+](=O)[O-])ccc1=O)oc1ccccc12. The molecule has 0 atom stereocenters. The average Bonchev–Trinajstić information content (AvgIpc) is 3.06. The highest BCUT2D eigenvalue weighted by molar-refractivity contribution is 6.07. The second kappa shape index (κ2) is 7.12. The average molecular weight is 393 g/mol. The van der Waals surface area contributed by atoms with Crippen molar-refractivity contribution in [3.05, 3.63) is 75.2 Å². The summed E-state index contributed by atoms with van der Waals surface area (Å²) in [6.07, 6.45) is 1.03. The normalized spacial score (nSPS) is 10.9. The number of benzene rings is 2. The summed E-state index contributed by atoms with van der Waals surface area (Å²) in [6.45, 7) is -0.387. The molecule has 0 unspecified atom stereocenters. The van der Waals surface area contributed by atoms with E-state index in [1.807, 2.05) is 24.3 Å². The summed E-state index contributed by atoms with van der Waals surface area (Å²) < 4.78 is 12.2. The van der Waals surface area contributed by atoms with E-state index in [4.69, 9.17) is 9.15 Å². The number of furan rings is 1. The lowest BCUT2D eigenvalue weighted by Gasteiger charge is -2.11. The molecule has 0 saturated heterocycles. The minimum absolute atomic E-state index is 0.279. The Hall–Kier alpha value is -4.14. The molecule has 0 bridgehead atoms. The van der Waals surface area contributed by atoms with Crippen molar-refractivity contribution >= 4 is 39.2 Å². The van der Waals surface area contributed by atoms with Crippen LogP contribution in [0.2, 0.25) is 0 Å². The van der Waals surface area contributed by atoms with Gasteiger partial charge in [-0.1, -0.05) is 18.2 Å². The number of rotatable bonds is 5. The minimum Gasteiger partial charge on any atom is -0.495 e. The molecular formula is C20H15N3O6. The Morgan fingerprint density at radius 3 is 2.72 bits per heavy atom. The van der Waals surface area contributed by atoms with Crippen molar-refractivity contribution in [2.24, 2.45) is 0 Å². The third-order valence-corrected chi connectivity index (χ3v) is 4.47. The number of hydrogen-bond donors (Lipinski definition) is 1. The molecule has 0 fully saturated rings. The van der Waals surface area contributed by atoms with Crippen LogP contribution in [0.3, 0.4) is 0 Å². The maximum Gasteiger partial charge on any atom is 0.285 e. The van der Waals surface area contributed by atoms with Gasteiger partial charge in [0.05, 0.1) is 23.9 Å². The second-order valence-electron chi connectivity index (χ2n) is 6.31. The van der Waals surface area contributed by atoms with E-state index >= 15 is 0 Å². The third-order valence-electron chi connectivity index (χ3n) is 4.47. The van der Waals surface area contributed by atoms with Gasteiger partial charge in [-0.3, -0.25) is 24.3 Å². The zero-order valence-electron chi connectivity index (χ0n) is 15.2. The molecule has 2 aromatic heterocycles. The molecule has 0 spiro atoms. The van der Waals surface area contributed by atoms with Gasteiger partial charge in [0.25, 0.3) is 11.2 Å². The molecule has 4 rings (SSSR count). The number of nitrogens with one attached hydrogen (secondary N) is 1. The first-order valence-electron chi connectivity index (χ1n) is 8.60. The van der Waals surface area contributed by atoms with E-state index in [2.05, 4.69) is 5.32 Å². The van der Waals surface area contributed by atoms with Gasteiger partial charge < -0.3 is 14.5 Å². The van der Waals surface area contributed by atoms with E-state index in [1.54, 1.807) is 12.1 Å². The molecule has 1 amide bonds. The zero-order chi connectivity index (χ0) is 20.5. The maximum absolute atomic E-state index is 12.5. The summed E-state index contributed by atoms with van der Waals surface area (Å²) in [5.74, 6) is -0.120. The van der Waals surface area contributed by atoms with Crippen LogP contribution in [-0.4, -0.2) is 22.5 Å². The van der Waals surface area contributed by atoms with E-state index in [1.165, 1.54) is 7.11 Å². The fraction of sp³-hybridized carbons (Fsp3) is 0.100. The molecule has 1 N–H and O–H groups in total. The zero-order valence-corrected chi connectivity index (χ0v) is 15.2. The summed E-state index contributed by atoms with van der Waals surface area (Å²) in [4.78, 5) is 34.6. The fourth-order valence-corrected chi connectivity index (χ4v) is 3.11. The van der Waals surface area contributed by atoms with Crippen molar-refractivity contribution in [1.29, 1.82) is 0 Å². The lowest BCUT2D eigenvalue weighted by Crippen LogP contribution is -2.27. The Morgan fingerprint density at radius 1 is 1.17 bits per heavy atom. The molecule has 146 valence electrons. The van der Waals surface area contributed by atoms with E-state index in [0.29, 0.717) is 22.6 Å². The molecular weight excluding hydrogens is 378 g/mol. The lowest BCUT2D eigenvalue weighted by molar-refractivity contribution is -0.385. The summed E-state index contributed by atoms with van der Waals surface area (Å²) in [5, 5.41) is 15.3. The van der Waals surface area contributed by atoms with Crippen molar-refractivity contribution in [3.8, 4) is 5.75 Å². The number of anilines is 1. The van der Waals surface area contributed by atoms with Crippen molar-refractivity contribution in [3.63, 3.8) is 0 Å². The molecule has 9 heteroatoms. The fourth-order valence-electron chi connectivity index (χ4n) is 3.11. The Morgan fingerprint density at radius 2 is 1.97 bits per heavy atom. The van der Waals surface area contributed by atoms with Gasteiger partial charge in [0.15, 0.2) is 0 Å². The van der Waals surface area contributed by atoms with Gasteiger partial charge in [-0.2, -0.15) is 0 Å². The molecule has 29 heavy (non-hydrogen) atoms. The summed E-state index contributed by atoms with van der Waals surface area (Å²) in [5.41, 5.74) is 0.831. The van der Waals surface area contributed by atoms with Crippen LogP contribution in [0.1, 0.15) is 0 Å².